The quantitative estimate of drug-likeness (QED) is 0.421. The zero-order valence-electron chi connectivity index (χ0n) is 14.9. The number of aliphatic hydroxyl groups is 1. The third kappa shape index (κ3) is 3.18. The molecule has 2 saturated heterocycles. The minimum absolute atomic E-state index is 0.0472. The van der Waals surface area contributed by atoms with Crippen LogP contribution in [-0.4, -0.2) is 49.1 Å². The minimum Gasteiger partial charge on any atom is -0.386 e. The van der Waals surface area contributed by atoms with Gasteiger partial charge in [0.05, 0.1) is 13.2 Å². The fourth-order valence-electron chi connectivity index (χ4n) is 3.61. The van der Waals surface area contributed by atoms with Gasteiger partial charge >= 0.3 is 0 Å². The number of benzene rings is 1. The number of anilines is 1. The molecular weight excluding hydrogens is 465 g/mol. The zero-order valence-corrected chi connectivity index (χ0v) is 17.5. The largest absolute Gasteiger partial charge is 0.386 e. The van der Waals surface area contributed by atoms with E-state index in [1.807, 2.05) is 30.3 Å². The van der Waals surface area contributed by atoms with Crippen LogP contribution in [0.4, 0.5) is 5.95 Å². The molecule has 0 aliphatic carbocycles. The molecule has 1 aromatic carbocycles. The van der Waals surface area contributed by atoms with Crippen molar-refractivity contribution in [2.45, 2.75) is 31.1 Å². The topological polar surface area (TPSA) is 127 Å². The summed E-state index contributed by atoms with van der Waals surface area (Å²) in [6, 6.07) is 9.47. The molecule has 0 spiro atoms. The second-order valence-electron chi connectivity index (χ2n) is 6.80. The summed E-state index contributed by atoms with van der Waals surface area (Å²) in [5.41, 5.74) is 7.02. The van der Waals surface area contributed by atoms with Crippen LogP contribution < -0.4 is 11.3 Å². The number of hydrogen-bond donors (Lipinski definition) is 2. The van der Waals surface area contributed by atoms with Crippen LogP contribution in [0, 0.1) is 0 Å². The summed E-state index contributed by atoms with van der Waals surface area (Å²) >= 11 is 3.36. The predicted molar refractivity (Wildman–Crippen MR) is 109 cm³/mol. The first kappa shape index (κ1) is 19.1. The highest BCUT2D eigenvalue weighted by molar-refractivity contribution is 9.10. The summed E-state index contributed by atoms with van der Waals surface area (Å²) in [7, 11) is -0.151. The van der Waals surface area contributed by atoms with Crippen LogP contribution in [0.25, 0.3) is 11.2 Å². The van der Waals surface area contributed by atoms with Gasteiger partial charge in [-0.2, -0.15) is 4.98 Å². The summed E-state index contributed by atoms with van der Waals surface area (Å²) in [5, 5.41) is 10.7. The number of nitrogen functional groups attached to an aromatic ring is 1. The van der Waals surface area contributed by atoms with E-state index in [9.17, 15) is 9.90 Å². The van der Waals surface area contributed by atoms with Crippen molar-refractivity contribution in [3.05, 3.63) is 51.0 Å². The molecule has 2 aliphatic heterocycles. The van der Waals surface area contributed by atoms with Crippen LogP contribution in [0.2, 0.25) is 0 Å². The van der Waals surface area contributed by atoms with Crippen molar-refractivity contribution >= 4 is 42.1 Å². The Bertz CT molecular complexity index is 1120. The maximum Gasteiger partial charge on any atom is 0.283 e. The van der Waals surface area contributed by atoms with Gasteiger partial charge in [0.25, 0.3) is 5.56 Å². The first-order valence-electron chi connectivity index (χ1n) is 8.88. The van der Waals surface area contributed by atoms with Gasteiger partial charge in [-0.15, -0.1) is 0 Å². The molecule has 2 fully saturated rings. The van der Waals surface area contributed by atoms with Crippen molar-refractivity contribution in [2.75, 3.05) is 12.3 Å². The van der Waals surface area contributed by atoms with Crippen LogP contribution in [-0.2, 0) is 20.3 Å². The van der Waals surface area contributed by atoms with Crippen molar-refractivity contribution in [1.82, 2.24) is 19.1 Å². The number of aromatic nitrogens is 4. The standard InChI is InChI=1S/C17H17BrN5O5P/c18-16-20-10-13(23(16)15-11(24)12-9(27-15)7-26-29-28-12)21-17(19)22(14(10)25)6-8-4-2-1-3-5-8/h1-5,9,11-12,15,24,29H,6-7H2,(H2,19,21). The second kappa shape index (κ2) is 7.42. The van der Waals surface area contributed by atoms with Gasteiger partial charge in [-0.25, -0.2) is 4.98 Å². The predicted octanol–water partition coefficient (Wildman–Crippen LogP) is 1.17. The molecule has 0 amide bonds. The van der Waals surface area contributed by atoms with Gasteiger partial charge in [0.1, 0.15) is 18.3 Å². The molecule has 0 saturated carbocycles. The lowest BCUT2D eigenvalue weighted by Gasteiger charge is -2.24. The van der Waals surface area contributed by atoms with E-state index in [4.69, 9.17) is 19.5 Å². The monoisotopic (exact) mass is 481 g/mol. The number of hydrogen-bond acceptors (Lipinski definition) is 8. The number of halogens is 1. The number of ether oxygens (including phenoxy) is 1. The fraction of sp³-hybridized carbons (Fsp3) is 0.353. The Hall–Kier alpha value is -1.88. The number of nitrogens with zero attached hydrogens (tertiary/aromatic N) is 4. The van der Waals surface area contributed by atoms with Gasteiger partial charge in [-0.1, -0.05) is 30.3 Å². The molecule has 12 heteroatoms. The Morgan fingerprint density at radius 2 is 2.10 bits per heavy atom. The minimum atomic E-state index is -0.972. The van der Waals surface area contributed by atoms with Crippen LogP contribution in [0.5, 0.6) is 0 Å². The molecule has 3 N–H and O–H groups in total. The Balaban J connectivity index is 1.58. The second-order valence-corrected chi connectivity index (χ2v) is 8.20. The van der Waals surface area contributed by atoms with Crippen molar-refractivity contribution in [1.29, 1.82) is 0 Å². The summed E-state index contributed by atoms with van der Waals surface area (Å²) < 4.78 is 19.9. The zero-order chi connectivity index (χ0) is 20.1. The number of imidazole rings is 1. The molecule has 5 unspecified atom stereocenters. The van der Waals surface area contributed by atoms with E-state index in [2.05, 4.69) is 25.9 Å². The van der Waals surface area contributed by atoms with Gasteiger partial charge in [0, 0.05) is 0 Å². The Morgan fingerprint density at radius 3 is 2.86 bits per heavy atom. The van der Waals surface area contributed by atoms with E-state index >= 15 is 0 Å². The number of aliphatic hydroxyl groups excluding tert-OH is 1. The normalized spacial score (nSPS) is 27.5. The van der Waals surface area contributed by atoms with Gasteiger partial charge in [-0.05, 0) is 21.5 Å². The van der Waals surface area contributed by atoms with Crippen LogP contribution >= 0.6 is 25.0 Å². The third-order valence-corrected chi connectivity index (χ3v) is 6.24. The van der Waals surface area contributed by atoms with E-state index in [0.717, 1.165) is 5.56 Å². The molecule has 2 aliphatic rings. The van der Waals surface area contributed by atoms with Crippen molar-refractivity contribution in [2.24, 2.45) is 0 Å². The molecule has 2 aromatic heterocycles. The Morgan fingerprint density at radius 1 is 1.31 bits per heavy atom. The first-order valence-corrected chi connectivity index (χ1v) is 10.5. The smallest absolute Gasteiger partial charge is 0.283 e. The van der Waals surface area contributed by atoms with Crippen LogP contribution in [0.3, 0.4) is 0 Å². The lowest BCUT2D eigenvalue weighted by atomic mass is 10.1. The van der Waals surface area contributed by atoms with E-state index in [1.165, 1.54) is 9.13 Å². The number of nitrogens with two attached hydrogens (primary N) is 1. The molecule has 152 valence electrons. The molecule has 5 atom stereocenters. The maximum atomic E-state index is 13.1. The van der Waals surface area contributed by atoms with E-state index in [-0.39, 0.29) is 38.3 Å². The summed E-state index contributed by atoms with van der Waals surface area (Å²) in [4.78, 5) is 21.8. The van der Waals surface area contributed by atoms with Gasteiger partial charge in [-0.3, -0.25) is 13.9 Å². The lowest BCUT2D eigenvalue weighted by Crippen LogP contribution is -2.37. The molecular formula is C17H17BrN5O5P. The Kier molecular flexibility index (Phi) is 4.89. The molecule has 3 aromatic rings. The third-order valence-electron chi connectivity index (χ3n) is 5.03. The highest BCUT2D eigenvalue weighted by Crippen LogP contribution is 2.41. The summed E-state index contributed by atoms with van der Waals surface area (Å²) in [6.45, 7) is 0.595. The fourth-order valence-corrected chi connectivity index (χ4v) is 4.86. The molecule has 5 rings (SSSR count). The average molecular weight is 482 g/mol. The first-order chi connectivity index (χ1) is 14.0. The SMILES string of the molecule is Nc1nc2c(nc(Br)n2C2OC3COPOC3C2O)c(=O)n1Cc1ccccc1. The van der Waals surface area contributed by atoms with Crippen molar-refractivity contribution < 1.29 is 18.9 Å². The molecule has 4 heterocycles. The lowest BCUT2D eigenvalue weighted by molar-refractivity contribution is -0.0529. The number of rotatable bonds is 3. The molecule has 0 radical (unpaired) electrons. The molecule has 10 nitrogen and oxygen atoms in total. The maximum absolute atomic E-state index is 13.1. The summed E-state index contributed by atoms with van der Waals surface area (Å²) in [6.07, 6.45) is -2.75. The number of fused-ring (bicyclic) bond motifs is 2. The highest BCUT2D eigenvalue weighted by atomic mass is 79.9. The van der Waals surface area contributed by atoms with E-state index < -0.39 is 24.5 Å². The molecule has 29 heavy (non-hydrogen) atoms. The van der Waals surface area contributed by atoms with E-state index in [1.54, 1.807) is 0 Å². The van der Waals surface area contributed by atoms with Crippen molar-refractivity contribution in [3.63, 3.8) is 0 Å². The summed E-state index contributed by atoms with van der Waals surface area (Å²) in [5.74, 6) is 0.0472. The van der Waals surface area contributed by atoms with Crippen LogP contribution in [0.1, 0.15) is 11.8 Å². The van der Waals surface area contributed by atoms with Gasteiger partial charge in [0.2, 0.25) is 5.95 Å². The molecule has 0 bridgehead atoms. The average Bonchev–Trinajstić information content (AvgIpc) is 3.22. The van der Waals surface area contributed by atoms with Gasteiger partial charge < -0.3 is 24.6 Å². The van der Waals surface area contributed by atoms with E-state index in [0.29, 0.717) is 11.3 Å². The Labute approximate surface area is 174 Å². The van der Waals surface area contributed by atoms with Crippen LogP contribution in [0.15, 0.2) is 39.9 Å². The highest BCUT2D eigenvalue weighted by Gasteiger charge is 2.48. The van der Waals surface area contributed by atoms with Gasteiger partial charge in [0.15, 0.2) is 31.2 Å². The van der Waals surface area contributed by atoms with Crippen molar-refractivity contribution in [3.8, 4) is 0 Å².